The molecular formula is C45H52N2O16S4. The average Bonchev–Trinajstić information content (AvgIpc) is 3.59. The molecule has 67 heavy (non-hydrogen) atoms. The first kappa shape index (κ1) is 51.3. The van der Waals surface area contributed by atoms with Crippen molar-refractivity contribution in [2.45, 2.75) is 99.2 Å². The smallest absolute Gasteiger partial charge is 0.303 e. The fourth-order valence-corrected chi connectivity index (χ4v) is 12.2. The fourth-order valence-electron chi connectivity index (χ4n) is 9.87. The summed E-state index contributed by atoms with van der Waals surface area (Å²) in [5.74, 6) is -1.96. The van der Waals surface area contributed by atoms with Crippen LogP contribution in [0.3, 0.4) is 0 Å². The molecule has 0 radical (unpaired) electrons. The van der Waals surface area contributed by atoms with Crippen LogP contribution >= 0.6 is 0 Å². The van der Waals surface area contributed by atoms with Crippen LogP contribution in [0.1, 0.15) is 89.7 Å². The highest BCUT2D eigenvalue weighted by Crippen LogP contribution is 2.54. The van der Waals surface area contributed by atoms with Gasteiger partial charge in [0.25, 0.3) is 36.8 Å². The number of aliphatic carboxylic acids is 1. The first-order chi connectivity index (χ1) is 31.2. The Morgan fingerprint density at radius 1 is 0.791 bits per heavy atom. The highest BCUT2D eigenvalue weighted by atomic mass is 32.2. The largest absolute Gasteiger partial charge is 0.748 e. The molecule has 0 aromatic heterocycles. The van der Waals surface area contributed by atoms with E-state index in [1.165, 1.54) is 6.07 Å². The molecule has 0 spiro atoms. The minimum atomic E-state index is -5.11. The molecule has 0 bridgehead atoms. The normalized spacial score (nSPS) is 19.5. The fraction of sp³-hybridized carbons (Fsp3) is 0.400. The van der Waals surface area contributed by atoms with Crippen molar-refractivity contribution in [2.24, 2.45) is 0 Å². The lowest BCUT2D eigenvalue weighted by atomic mass is 9.74. The zero-order chi connectivity index (χ0) is 49.3. The van der Waals surface area contributed by atoms with Gasteiger partial charge in [0.15, 0.2) is 5.71 Å². The summed E-state index contributed by atoms with van der Waals surface area (Å²) in [5, 5.41) is 10.8. The maximum Gasteiger partial charge on any atom is 0.303 e. The topological polar surface area (TPSA) is 290 Å². The Kier molecular flexibility index (Phi) is 14.9. The molecule has 0 saturated heterocycles. The molecule has 0 saturated carbocycles. The van der Waals surface area contributed by atoms with Crippen molar-refractivity contribution in [2.75, 3.05) is 29.5 Å². The number of anilines is 1. The predicted octanol–water partition coefficient (Wildman–Crippen LogP) is 6.64. The highest BCUT2D eigenvalue weighted by Gasteiger charge is 2.49. The van der Waals surface area contributed by atoms with Crippen LogP contribution in [0.4, 0.5) is 11.4 Å². The van der Waals surface area contributed by atoms with Crippen molar-refractivity contribution in [1.29, 1.82) is 0 Å². The van der Waals surface area contributed by atoms with Gasteiger partial charge in [-0.3, -0.25) is 23.2 Å². The number of rotatable bonds is 22. The molecule has 6 rings (SSSR count). The Morgan fingerprint density at radius 3 is 2.13 bits per heavy atom. The van der Waals surface area contributed by atoms with E-state index in [2.05, 4.69) is 0 Å². The van der Waals surface area contributed by atoms with Gasteiger partial charge in [-0.1, -0.05) is 38.0 Å². The lowest BCUT2D eigenvalue weighted by Gasteiger charge is -2.31. The average molecular weight is 1010 g/mol. The van der Waals surface area contributed by atoms with Crippen molar-refractivity contribution in [3.8, 4) is 5.75 Å². The zero-order valence-electron chi connectivity index (χ0n) is 36.9. The van der Waals surface area contributed by atoms with Crippen LogP contribution in [0.15, 0.2) is 88.3 Å². The second-order valence-electron chi connectivity index (χ2n) is 17.2. The Bertz CT molecular complexity index is 3200. The molecule has 2 atom stereocenters. The van der Waals surface area contributed by atoms with E-state index in [9.17, 15) is 66.6 Å². The molecular weight excluding hydrogens is 953 g/mol. The number of benzene rings is 4. The summed E-state index contributed by atoms with van der Waals surface area (Å²) in [6, 6.07) is 13.6. The third kappa shape index (κ3) is 11.1. The van der Waals surface area contributed by atoms with Gasteiger partial charge in [-0.25, -0.2) is 8.42 Å². The minimum Gasteiger partial charge on any atom is -0.748 e. The lowest BCUT2D eigenvalue weighted by Crippen LogP contribution is -2.32. The third-order valence-electron chi connectivity index (χ3n) is 12.6. The van der Waals surface area contributed by atoms with Crippen LogP contribution in [-0.4, -0.2) is 104 Å². The predicted molar refractivity (Wildman–Crippen MR) is 249 cm³/mol. The molecule has 0 aliphatic carbocycles. The summed E-state index contributed by atoms with van der Waals surface area (Å²) in [4.78, 5) is 22.8. The summed E-state index contributed by atoms with van der Waals surface area (Å²) in [5.41, 5.74) is 1.62. The van der Waals surface area contributed by atoms with E-state index < -0.39 is 78.6 Å². The third-order valence-corrected chi connectivity index (χ3v) is 15.9. The van der Waals surface area contributed by atoms with Crippen molar-refractivity contribution in [1.82, 2.24) is 0 Å². The molecule has 4 N–H and O–H groups in total. The Morgan fingerprint density at radius 2 is 1.51 bits per heavy atom. The number of ether oxygens (including phenoxy) is 1. The van der Waals surface area contributed by atoms with Crippen LogP contribution in [0.25, 0.3) is 21.5 Å². The van der Waals surface area contributed by atoms with E-state index in [-0.39, 0.29) is 49.5 Å². The van der Waals surface area contributed by atoms with Crippen molar-refractivity contribution >= 4 is 91.5 Å². The maximum atomic E-state index is 12.8. The summed E-state index contributed by atoms with van der Waals surface area (Å²) >= 11 is 0. The molecule has 2 unspecified atom stereocenters. The van der Waals surface area contributed by atoms with Gasteiger partial charge in [-0.15, -0.1) is 0 Å². The SMILES string of the molecule is CCCC1(C)C(/C=C/C=C2/N(CCCCCC(=O)O)c3ccc4c(S(=O)(=O)O)cc(S(=O)(=O)O)cc4c3C2(C)CCCS(=O)(=O)O)=[N+](CCCS(=O)(=O)[O-])c2ccc3cc(OC=O)ccc3c21. The Balaban J connectivity index is 1.61. The zero-order valence-corrected chi connectivity index (χ0v) is 40.2. The van der Waals surface area contributed by atoms with Gasteiger partial charge in [-0.05, 0) is 110 Å². The van der Waals surface area contributed by atoms with Crippen LogP contribution < -0.4 is 9.64 Å². The second-order valence-corrected chi connectivity index (χ2v) is 23.1. The minimum absolute atomic E-state index is 0.00193. The van der Waals surface area contributed by atoms with E-state index in [0.29, 0.717) is 67.3 Å². The van der Waals surface area contributed by atoms with E-state index in [1.807, 2.05) is 47.6 Å². The van der Waals surface area contributed by atoms with Gasteiger partial charge in [0.1, 0.15) is 17.2 Å². The van der Waals surface area contributed by atoms with Gasteiger partial charge in [-0.2, -0.15) is 29.8 Å². The second kappa shape index (κ2) is 19.5. The van der Waals surface area contributed by atoms with Gasteiger partial charge in [0.05, 0.1) is 26.2 Å². The number of hydrogen-bond acceptors (Lipinski definition) is 13. The van der Waals surface area contributed by atoms with Gasteiger partial charge in [0.2, 0.25) is 5.69 Å². The number of nitrogens with zero attached hydrogens (tertiary/aromatic N) is 2. The van der Waals surface area contributed by atoms with Gasteiger partial charge < -0.3 is 19.3 Å². The maximum absolute atomic E-state index is 12.8. The lowest BCUT2D eigenvalue weighted by molar-refractivity contribution is -0.437. The number of unbranched alkanes of at least 4 members (excludes halogenated alkanes) is 2. The molecule has 4 aromatic carbocycles. The van der Waals surface area contributed by atoms with Gasteiger partial charge >= 0.3 is 5.97 Å². The van der Waals surface area contributed by atoms with Crippen LogP contribution in [0, 0.1) is 0 Å². The number of carboxylic acids is 1. The summed E-state index contributed by atoms with van der Waals surface area (Å²) < 4.78 is 148. The van der Waals surface area contributed by atoms with E-state index in [0.717, 1.165) is 33.8 Å². The molecule has 0 amide bonds. The monoisotopic (exact) mass is 1000 g/mol. The van der Waals surface area contributed by atoms with Crippen molar-refractivity contribution < 1.29 is 75.9 Å². The van der Waals surface area contributed by atoms with Crippen molar-refractivity contribution in [3.05, 3.63) is 89.6 Å². The molecule has 18 nitrogen and oxygen atoms in total. The van der Waals surface area contributed by atoms with Crippen molar-refractivity contribution in [3.63, 3.8) is 0 Å². The molecule has 362 valence electrons. The molecule has 0 fully saturated rings. The van der Waals surface area contributed by atoms with Gasteiger partial charge in [0, 0.05) is 65.0 Å². The Labute approximate surface area is 389 Å². The number of fused-ring (bicyclic) bond motifs is 6. The van der Waals surface area contributed by atoms with E-state index in [4.69, 9.17) is 4.74 Å². The number of hydrogen-bond donors (Lipinski definition) is 4. The van der Waals surface area contributed by atoms with E-state index in [1.54, 1.807) is 37.3 Å². The molecule has 22 heteroatoms. The first-order valence-corrected chi connectivity index (χ1v) is 27.5. The molecule has 4 aromatic rings. The number of carboxylic acid groups (broad SMARTS) is 1. The number of carbonyl (C=O) groups is 2. The number of allylic oxidation sites excluding steroid dienone is 4. The molecule has 2 heterocycles. The molecule has 2 aliphatic rings. The quantitative estimate of drug-likeness (QED) is 0.0277. The summed E-state index contributed by atoms with van der Waals surface area (Å²) in [6.07, 6.45) is 7.60. The van der Waals surface area contributed by atoms with Crippen LogP contribution in [0.2, 0.25) is 0 Å². The van der Waals surface area contributed by atoms with Crippen LogP contribution in [0.5, 0.6) is 5.75 Å². The summed E-state index contributed by atoms with van der Waals surface area (Å²) in [6.45, 7) is 6.48. The summed E-state index contributed by atoms with van der Waals surface area (Å²) in [7, 11) is -19.3. The number of carbonyl (C=O) groups excluding carboxylic acids is 1. The van der Waals surface area contributed by atoms with Crippen LogP contribution in [-0.2, 0) is 60.9 Å². The Hall–Kier alpha value is -5.07. The standard InChI is InChI=1S/C45H52N2O16S4/c1-4-20-44(2)39(47(23-10-25-65(54,55)56)36-18-14-30-26-31(63-29-48)15-16-33(30)42(36)44)11-8-12-40-45(3,21-9-24-64(51,52)53)43-35-27-32(66(57,58)59)28-38(67(60,61)62)34(35)17-19-37(43)46(40)22-7-5-6-13-41(49)50/h8,11-12,14-19,26-29H,4-7,9-10,13,20-25H2,1-3H3,(H4-,49,50,51,52,53,54,55,56,57,58,59,60,61,62). The van der Waals surface area contributed by atoms with E-state index >= 15 is 0 Å². The highest BCUT2D eigenvalue weighted by molar-refractivity contribution is 7.87. The first-order valence-electron chi connectivity index (χ1n) is 21.4. The molecule has 2 aliphatic heterocycles.